The average molecular weight is 246 g/mol. The van der Waals surface area contributed by atoms with Crippen molar-refractivity contribution in [2.45, 2.75) is 31.3 Å². The first-order valence-electron chi connectivity index (χ1n) is 5.64. The van der Waals surface area contributed by atoms with Gasteiger partial charge in [-0.1, -0.05) is 0 Å². The second-order valence-electron chi connectivity index (χ2n) is 4.49. The smallest absolute Gasteiger partial charge is 0.242 e. The second-order valence-corrected chi connectivity index (χ2v) is 5.40. The number of nitrogens with two attached hydrogens (primary N) is 1. The minimum absolute atomic E-state index is 0.0531. The van der Waals surface area contributed by atoms with Gasteiger partial charge in [0.1, 0.15) is 0 Å². The molecule has 0 saturated carbocycles. The van der Waals surface area contributed by atoms with Crippen LogP contribution in [0.3, 0.4) is 0 Å². The number of thioether (sulfide) groups is 1. The van der Waals surface area contributed by atoms with Crippen molar-refractivity contribution < 1.29 is 9.53 Å². The molecule has 0 aromatic carbocycles. The highest BCUT2D eigenvalue weighted by molar-refractivity contribution is 7.98. The van der Waals surface area contributed by atoms with Crippen LogP contribution in [0.2, 0.25) is 0 Å². The van der Waals surface area contributed by atoms with E-state index >= 15 is 0 Å². The molecule has 1 unspecified atom stereocenters. The van der Waals surface area contributed by atoms with Gasteiger partial charge < -0.3 is 15.4 Å². The molecule has 1 rings (SSSR count). The number of hydrogen-bond donors (Lipinski definition) is 1. The quantitative estimate of drug-likeness (QED) is 0.793. The van der Waals surface area contributed by atoms with Gasteiger partial charge in [-0.15, -0.1) is 0 Å². The lowest BCUT2D eigenvalue weighted by atomic mass is 9.89. The summed E-state index contributed by atoms with van der Waals surface area (Å²) in [6.45, 7) is 3.23. The van der Waals surface area contributed by atoms with Gasteiger partial charge >= 0.3 is 0 Å². The Morgan fingerprint density at radius 1 is 1.56 bits per heavy atom. The van der Waals surface area contributed by atoms with Gasteiger partial charge in [0, 0.05) is 32.1 Å². The predicted molar refractivity (Wildman–Crippen MR) is 67.6 cm³/mol. The number of ether oxygens (including phenoxy) is 1. The lowest BCUT2D eigenvalue weighted by Crippen LogP contribution is -2.59. The summed E-state index contributed by atoms with van der Waals surface area (Å²) in [5, 5.41) is 0. The number of likely N-dealkylation sites (N-methyl/N-ethyl adjacent to an activating group) is 1. The third-order valence-corrected chi connectivity index (χ3v) is 4.02. The second kappa shape index (κ2) is 5.89. The molecular formula is C11H22N2O2S. The van der Waals surface area contributed by atoms with Crippen LogP contribution in [0.4, 0.5) is 0 Å². The number of nitrogens with zero attached hydrogens (tertiary/aromatic N) is 1. The van der Waals surface area contributed by atoms with Gasteiger partial charge in [-0.05, 0) is 26.0 Å². The Bertz CT molecular complexity index is 242. The van der Waals surface area contributed by atoms with Gasteiger partial charge in [0.2, 0.25) is 5.91 Å². The van der Waals surface area contributed by atoms with Crippen LogP contribution in [0, 0.1) is 0 Å². The molecule has 0 spiro atoms. The van der Waals surface area contributed by atoms with E-state index in [1.807, 2.05) is 13.3 Å². The molecule has 1 saturated heterocycles. The van der Waals surface area contributed by atoms with E-state index in [4.69, 9.17) is 10.5 Å². The first-order chi connectivity index (χ1) is 7.51. The van der Waals surface area contributed by atoms with Gasteiger partial charge in [-0.2, -0.15) is 11.8 Å². The van der Waals surface area contributed by atoms with Gasteiger partial charge in [-0.25, -0.2) is 0 Å². The van der Waals surface area contributed by atoms with E-state index in [2.05, 4.69) is 6.92 Å². The minimum atomic E-state index is -0.709. The summed E-state index contributed by atoms with van der Waals surface area (Å²) in [5.41, 5.74) is 5.45. The SMILES string of the molecule is CSCC(C)N(C)C(=O)C1(N)CCOCC1. The third-order valence-electron chi connectivity index (χ3n) is 3.20. The number of carbonyl (C=O) groups excluding carboxylic acids is 1. The van der Waals surface area contributed by atoms with Crippen LogP contribution in [0.1, 0.15) is 19.8 Å². The first-order valence-corrected chi connectivity index (χ1v) is 7.03. The van der Waals surface area contributed by atoms with Crippen molar-refractivity contribution >= 4 is 17.7 Å². The monoisotopic (exact) mass is 246 g/mol. The van der Waals surface area contributed by atoms with Crippen molar-refractivity contribution in [1.29, 1.82) is 0 Å². The van der Waals surface area contributed by atoms with Gasteiger partial charge in [-0.3, -0.25) is 4.79 Å². The van der Waals surface area contributed by atoms with E-state index in [0.717, 1.165) is 5.75 Å². The molecule has 16 heavy (non-hydrogen) atoms. The summed E-state index contributed by atoms with van der Waals surface area (Å²) in [6.07, 6.45) is 3.30. The Morgan fingerprint density at radius 3 is 2.62 bits per heavy atom. The fraction of sp³-hybridized carbons (Fsp3) is 0.909. The zero-order valence-electron chi connectivity index (χ0n) is 10.4. The maximum absolute atomic E-state index is 12.3. The summed E-state index contributed by atoms with van der Waals surface area (Å²) in [5.74, 6) is 0.992. The highest BCUT2D eigenvalue weighted by Gasteiger charge is 2.38. The van der Waals surface area contributed by atoms with Crippen molar-refractivity contribution in [3.8, 4) is 0 Å². The summed E-state index contributed by atoms with van der Waals surface area (Å²) in [7, 11) is 1.84. The maximum Gasteiger partial charge on any atom is 0.242 e. The Balaban J connectivity index is 2.61. The zero-order chi connectivity index (χ0) is 12.2. The number of hydrogen-bond acceptors (Lipinski definition) is 4. The Hall–Kier alpha value is -0.260. The van der Waals surface area contributed by atoms with E-state index < -0.39 is 5.54 Å². The maximum atomic E-state index is 12.3. The van der Waals surface area contributed by atoms with Gasteiger partial charge in [0.15, 0.2) is 0 Å². The van der Waals surface area contributed by atoms with Crippen LogP contribution < -0.4 is 5.73 Å². The molecular weight excluding hydrogens is 224 g/mol. The van der Waals surface area contributed by atoms with E-state index in [9.17, 15) is 4.79 Å². The Morgan fingerprint density at radius 2 is 2.12 bits per heavy atom. The minimum Gasteiger partial charge on any atom is -0.381 e. The van der Waals surface area contributed by atoms with E-state index in [-0.39, 0.29) is 11.9 Å². The molecule has 1 aliphatic rings. The molecule has 0 aromatic heterocycles. The molecule has 5 heteroatoms. The molecule has 1 aliphatic heterocycles. The fourth-order valence-electron chi connectivity index (χ4n) is 1.85. The van der Waals surface area contributed by atoms with Crippen molar-refractivity contribution in [2.75, 3.05) is 32.3 Å². The molecule has 1 atom stereocenters. The van der Waals surface area contributed by atoms with Crippen molar-refractivity contribution in [2.24, 2.45) is 5.73 Å². The molecule has 0 aliphatic carbocycles. The van der Waals surface area contributed by atoms with E-state index in [1.165, 1.54) is 0 Å². The fourth-order valence-corrected chi connectivity index (χ4v) is 2.56. The summed E-state index contributed by atoms with van der Waals surface area (Å²) >= 11 is 1.74. The lowest BCUT2D eigenvalue weighted by molar-refractivity contribution is -0.140. The molecule has 0 aromatic rings. The predicted octanol–water partition coefficient (Wildman–Crippen LogP) is 0.704. The molecule has 94 valence electrons. The zero-order valence-corrected chi connectivity index (χ0v) is 11.2. The Labute approximate surface area is 102 Å². The normalized spacial score (nSPS) is 21.5. The van der Waals surface area contributed by atoms with Crippen LogP contribution in [0.25, 0.3) is 0 Å². The topological polar surface area (TPSA) is 55.6 Å². The average Bonchev–Trinajstić information content (AvgIpc) is 2.28. The molecule has 2 N–H and O–H groups in total. The lowest BCUT2D eigenvalue weighted by Gasteiger charge is -2.37. The van der Waals surface area contributed by atoms with Crippen LogP contribution in [-0.4, -0.2) is 54.7 Å². The van der Waals surface area contributed by atoms with Crippen LogP contribution >= 0.6 is 11.8 Å². The molecule has 4 nitrogen and oxygen atoms in total. The summed E-state index contributed by atoms with van der Waals surface area (Å²) < 4.78 is 5.25. The molecule has 0 bridgehead atoms. The standard InChI is InChI=1S/C11H22N2O2S/c1-9(8-16-3)13(2)10(14)11(12)4-6-15-7-5-11/h9H,4-8,12H2,1-3H3. The van der Waals surface area contributed by atoms with Crippen molar-refractivity contribution in [3.63, 3.8) is 0 Å². The highest BCUT2D eigenvalue weighted by atomic mass is 32.2. The van der Waals surface area contributed by atoms with Crippen molar-refractivity contribution in [3.05, 3.63) is 0 Å². The van der Waals surface area contributed by atoms with Gasteiger partial charge in [0.05, 0.1) is 5.54 Å². The number of carbonyl (C=O) groups is 1. The molecule has 1 heterocycles. The van der Waals surface area contributed by atoms with E-state index in [1.54, 1.807) is 16.7 Å². The Kier molecular flexibility index (Phi) is 5.08. The van der Waals surface area contributed by atoms with Crippen LogP contribution in [0.5, 0.6) is 0 Å². The third kappa shape index (κ3) is 3.12. The summed E-state index contributed by atoms with van der Waals surface area (Å²) in [4.78, 5) is 14.1. The summed E-state index contributed by atoms with van der Waals surface area (Å²) in [6, 6.07) is 0.228. The number of amides is 1. The largest absolute Gasteiger partial charge is 0.381 e. The van der Waals surface area contributed by atoms with Crippen molar-refractivity contribution in [1.82, 2.24) is 4.90 Å². The first kappa shape index (κ1) is 13.8. The molecule has 0 radical (unpaired) electrons. The van der Waals surface area contributed by atoms with Crippen LogP contribution in [0.15, 0.2) is 0 Å². The van der Waals surface area contributed by atoms with Crippen LogP contribution in [-0.2, 0) is 9.53 Å². The molecule has 1 amide bonds. The molecule has 1 fully saturated rings. The van der Waals surface area contributed by atoms with E-state index in [0.29, 0.717) is 26.1 Å². The highest BCUT2D eigenvalue weighted by Crippen LogP contribution is 2.21. The number of rotatable bonds is 4. The van der Waals surface area contributed by atoms with Gasteiger partial charge in [0.25, 0.3) is 0 Å².